The fourth-order valence-corrected chi connectivity index (χ4v) is 3.10. The van der Waals surface area contributed by atoms with E-state index in [9.17, 15) is 13.2 Å². The number of rotatable bonds is 8. The second kappa shape index (κ2) is 11.4. The fraction of sp³-hybridized carbons (Fsp3) is 0.529. The lowest BCUT2D eigenvalue weighted by molar-refractivity contribution is -0.116. The van der Waals surface area contributed by atoms with Crippen LogP contribution in [0.15, 0.2) is 29.3 Å². The summed E-state index contributed by atoms with van der Waals surface area (Å²) in [6.45, 7) is 1.65. The first-order valence-corrected chi connectivity index (χ1v) is 10.5. The van der Waals surface area contributed by atoms with E-state index in [0.717, 1.165) is 11.3 Å². The zero-order valence-electron chi connectivity index (χ0n) is 15.5. The van der Waals surface area contributed by atoms with Crippen LogP contribution in [-0.4, -0.2) is 65.6 Å². The molecule has 1 aromatic rings. The number of carbonyl (C=O) groups excluding carboxylic acids is 1. The van der Waals surface area contributed by atoms with Gasteiger partial charge in [0.15, 0.2) is 5.96 Å². The Morgan fingerprint density at radius 1 is 1.30 bits per heavy atom. The third-order valence-electron chi connectivity index (χ3n) is 3.98. The van der Waals surface area contributed by atoms with Gasteiger partial charge in [-0.1, -0.05) is 18.2 Å². The maximum atomic E-state index is 11.8. The minimum atomic E-state index is -3.00. The summed E-state index contributed by atoms with van der Waals surface area (Å²) in [5, 5.41) is 9.21. The number of anilines is 1. The van der Waals surface area contributed by atoms with Crippen molar-refractivity contribution in [3.8, 4) is 0 Å². The summed E-state index contributed by atoms with van der Waals surface area (Å²) in [4.78, 5) is 16.0. The van der Waals surface area contributed by atoms with E-state index in [0.29, 0.717) is 32.1 Å². The summed E-state index contributed by atoms with van der Waals surface area (Å²) < 4.78 is 27.3. The van der Waals surface area contributed by atoms with Crippen molar-refractivity contribution >= 4 is 51.4 Å². The predicted octanol–water partition coefficient (Wildman–Crippen LogP) is 0.957. The Labute approximate surface area is 177 Å². The van der Waals surface area contributed by atoms with E-state index in [1.807, 2.05) is 24.3 Å². The number of sulfone groups is 1. The lowest BCUT2D eigenvalue weighted by Crippen LogP contribution is -2.41. The lowest BCUT2D eigenvalue weighted by atomic mass is 9.90. The van der Waals surface area contributed by atoms with Crippen LogP contribution in [0.1, 0.15) is 17.9 Å². The van der Waals surface area contributed by atoms with Crippen LogP contribution in [0, 0.1) is 0 Å². The van der Waals surface area contributed by atoms with Gasteiger partial charge < -0.3 is 20.7 Å². The minimum Gasteiger partial charge on any atom is -0.379 e. The number of benzene rings is 1. The van der Waals surface area contributed by atoms with Crippen molar-refractivity contribution in [1.29, 1.82) is 0 Å². The Hall–Kier alpha value is -1.40. The van der Waals surface area contributed by atoms with Gasteiger partial charge >= 0.3 is 0 Å². The van der Waals surface area contributed by atoms with Gasteiger partial charge in [0.05, 0.1) is 19.0 Å². The molecule has 0 aromatic heterocycles. The Kier molecular flexibility index (Phi) is 10.0. The first kappa shape index (κ1) is 23.6. The molecular weight excluding hydrogens is 483 g/mol. The molecule has 0 spiro atoms. The van der Waals surface area contributed by atoms with Gasteiger partial charge in [0, 0.05) is 44.4 Å². The molecule has 1 heterocycles. The number of aliphatic imine (C=N–C) groups is 1. The van der Waals surface area contributed by atoms with Crippen LogP contribution in [-0.2, 0) is 19.4 Å². The SMILES string of the molecule is CN=C(NCCOCCS(C)(=O)=O)NCC1CC(=O)Nc2ccccc21.I. The van der Waals surface area contributed by atoms with Gasteiger partial charge in [-0.25, -0.2) is 8.42 Å². The molecule has 27 heavy (non-hydrogen) atoms. The van der Waals surface area contributed by atoms with Crippen LogP contribution in [0.25, 0.3) is 0 Å². The second-order valence-electron chi connectivity index (χ2n) is 6.16. The number of para-hydroxylation sites is 1. The lowest BCUT2D eigenvalue weighted by Gasteiger charge is -2.26. The number of carbonyl (C=O) groups is 1. The molecule has 0 saturated carbocycles. The van der Waals surface area contributed by atoms with Crippen molar-refractivity contribution < 1.29 is 17.9 Å². The van der Waals surface area contributed by atoms with Gasteiger partial charge in [-0.05, 0) is 11.6 Å². The number of hydrogen-bond acceptors (Lipinski definition) is 5. The van der Waals surface area contributed by atoms with E-state index in [1.165, 1.54) is 6.26 Å². The molecule has 0 saturated heterocycles. The first-order chi connectivity index (χ1) is 12.4. The number of nitrogens with one attached hydrogen (secondary N) is 3. The average molecular weight is 510 g/mol. The number of hydrogen-bond donors (Lipinski definition) is 3. The smallest absolute Gasteiger partial charge is 0.225 e. The van der Waals surface area contributed by atoms with Gasteiger partial charge in [0.1, 0.15) is 9.84 Å². The third-order valence-corrected chi connectivity index (χ3v) is 4.89. The summed E-state index contributed by atoms with van der Waals surface area (Å²) in [5.41, 5.74) is 1.97. The number of guanidine groups is 1. The van der Waals surface area contributed by atoms with E-state index in [4.69, 9.17) is 4.74 Å². The maximum absolute atomic E-state index is 11.8. The molecule has 152 valence electrons. The predicted molar refractivity (Wildman–Crippen MR) is 118 cm³/mol. The van der Waals surface area contributed by atoms with Crippen molar-refractivity contribution in [2.75, 3.05) is 50.7 Å². The summed E-state index contributed by atoms with van der Waals surface area (Å²) in [7, 11) is -1.33. The molecule has 2 rings (SSSR count). The van der Waals surface area contributed by atoms with Crippen molar-refractivity contribution in [2.24, 2.45) is 4.99 Å². The van der Waals surface area contributed by atoms with E-state index < -0.39 is 9.84 Å². The van der Waals surface area contributed by atoms with E-state index in [2.05, 4.69) is 20.9 Å². The zero-order chi connectivity index (χ0) is 19.0. The molecule has 8 nitrogen and oxygen atoms in total. The number of fused-ring (bicyclic) bond motifs is 1. The summed E-state index contributed by atoms with van der Waals surface area (Å²) in [5.74, 6) is 0.714. The van der Waals surface area contributed by atoms with Gasteiger partial charge in [-0.2, -0.15) is 0 Å². The van der Waals surface area contributed by atoms with Crippen molar-refractivity contribution in [3.05, 3.63) is 29.8 Å². The minimum absolute atomic E-state index is 0. The van der Waals surface area contributed by atoms with Crippen LogP contribution >= 0.6 is 24.0 Å². The van der Waals surface area contributed by atoms with Crippen LogP contribution < -0.4 is 16.0 Å². The van der Waals surface area contributed by atoms with Crippen LogP contribution in [0.2, 0.25) is 0 Å². The first-order valence-electron chi connectivity index (χ1n) is 8.48. The molecule has 1 unspecified atom stereocenters. The average Bonchev–Trinajstić information content (AvgIpc) is 2.59. The highest BCUT2D eigenvalue weighted by Crippen LogP contribution is 2.31. The van der Waals surface area contributed by atoms with Gasteiger partial charge in [-0.3, -0.25) is 9.79 Å². The number of nitrogens with zero attached hydrogens (tertiary/aromatic N) is 1. The van der Waals surface area contributed by atoms with Crippen LogP contribution in [0.4, 0.5) is 5.69 Å². The molecule has 1 aliphatic heterocycles. The van der Waals surface area contributed by atoms with Gasteiger partial charge in [0.2, 0.25) is 5.91 Å². The monoisotopic (exact) mass is 510 g/mol. The summed E-state index contributed by atoms with van der Waals surface area (Å²) in [6, 6.07) is 7.79. The van der Waals surface area contributed by atoms with E-state index in [-0.39, 0.29) is 48.2 Å². The molecule has 1 atom stereocenters. The molecule has 0 fully saturated rings. The standard InChI is InChI=1S/C17H26N4O4S.HI/c1-18-17(19-7-8-25-9-10-26(2,23)24)20-12-13-11-16(22)21-15-6-4-3-5-14(13)15;/h3-6,13H,7-12H2,1-2H3,(H,21,22)(H2,18,19,20);1H. The number of amides is 1. The quantitative estimate of drug-likeness (QED) is 0.208. The number of ether oxygens (including phenoxy) is 1. The molecule has 0 bridgehead atoms. The van der Waals surface area contributed by atoms with Crippen molar-refractivity contribution in [2.45, 2.75) is 12.3 Å². The molecule has 0 aliphatic carbocycles. The topological polar surface area (TPSA) is 109 Å². The Bertz CT molecular complexity index is 755. The molecule has 3 N–H and O–H groups in total. The maximum Gasteiger partial charge on any atom is 0.225 e. The van der Waals surface area contributed by atoms with Crippen LogP contribution in [0.3, 0.4) is 0 Å². The second-order valence-corrected chi connectivity index (χ2v) is 8.42. The Morgan fingerprint density at radius 2 is 2.04 bits per heavy atom. The Balaban J connectivity index is 0.00000364. The van der Waals surface area contributed by atoms with Crippen LogP contribution in [0.5, 0.6) is 0 Å². The highest BCUT2D eigenvalue weighted by Gasteiger charge is 2.24. The summed E-state index contributed by atoms with van der Waals surface area (Å²) in [6.07, 6.45) is 1.61. The van der Waals surface area contributed by atoms with Crippen molar-refractivity contribution in [3.63, 3.8) is 0 Å². The molecule has 1 aromatic carbocycles. The molecule has 0 radical (unpaired) electrons. The van der Waals surface area contributed by atoms with Gasteiger partial charge in [0.25, 0.3) is 0 Å². The van der Waals surface area contributed by atoms with E-state index in [1.54, 1.807) is 7.05 Å². The molecule has 10 heteroatoms. The number of halogens is 1. The normalized spacial score (nSPS) is 16.7. The highest BCUT2D eigenvalue weighted by molar-refractivity contribution is 14.0. The molecule has 1 amide bonds. The van der Waals surface area contributed by atoms with E-state index >= 15 is 0 Å². The molecule has 1 aliphatic rings. The molecular formula is C17H27IN4O4S. The van der Waals surface area contributed by atoms with Crippen molar-refractivity contribution in [1.82, 2.24) is 10.6 Å². The zero-order valence-corrected chi connectivity index (χ0v) is 18.7. The highest BCUT2D eigenvalue weighted by atomic mass is 127. The summed E-state index contributed by atoms with van der Waals surface area (Å²) >= 11 is 0. The largest absolute Gasteiger partial charge is 0.379 e. The fourth-order valence-electron chi connectivity index (χ4n) is 2.68. The third kappa shape index (κ3) is 8.43. The Morgan fingerprint density at radius 3 is 2.74 bits per heavy atom. The van der Waals surface area contributed by atoms with Gasteiger partial charge in [-0.15, -0.1) is 24.0 Å².